The molecule has 2 N–H and O–H groups in total. The first-order valence-corrected chi connectivity index (χ1v) is 4.86. The van der Waals surface area contributed by atoms with E-state index >= 15 is 0 Å². The van der Waals surface area contributed by atoms with Crippen LogP contribution in [0.4, 0.5) is 5.69 Å². The van der Waals surface area contributed by atoms with E-state index in [1.807, 2.05) is 18.0 Å². The maximum Gasteiger partial charge on any atom is 0.160 e. The number of rotatable bonds is 0. The van der Waals surface area contributed by atoms with Crippen molar-refractivity contribution in [1.29, 1.82) is 0 Å². The molecule has 3 rings (SSSR count). The molecule has 2 aromatic carbocycles. The second-order valence-electron chi connectivity index (χ2n) is 3.69. The van der Waals surface area contributed by atoms with E-state index in [4.69, 9.17) is 5.84 Å². The summed E-state index contributed by atoms with van der Waals surface area (Å²) in [6.45, 7) is 0. The van der Waals surface area contributed by atoms with Crippen molar-refractivity contribution in [3.8, 4) is 0 Å². The largest absolute Gasteiger partial charge is 0.327 e. The summed E-state index contributed by atoms with van der Waals surface area (Å²) in [6, 6.07) is 12.4. The number of hydrogen-bond donors (Lipinski definition) is 1. The molecule has 0 aliphatic carbocycles. The molecule has 74 valence electrons. The maximum absolute atomic E-state index is 5.43. The van der Waals surface area contributed by atoms with E-state index in [-0.39, 0.29) is 0 Å². The van der Waals surface area contributed by atoms with Crippen LogP contribution in [0.3, 0.4) is 0 Å². The van der Waals surface area contributed by atoms with Crippen molar-refractivity contribution >= 4 is 22.3 Å². The van der Waals surface area contributed by atoms with Crippen LogP contribution in [0.2, 0.25) is 0 Å². The van der Waals surface area contributed by atoms with Crippen LogP contribution in [-0.2, 0) is 0 Å². The molecule has 3 heteroatoms. The van der Waals surface area contributed by atoms with Gasteiger partial charge in [0.15, 0.2) is 5.84 Å². The van der Waals surface area contributed by atoms with E-state index in [2.05, 4.69) is 35.4 Å². The van der Waals surface area contributed by atoms with E-state index in [0.717, 1.165) is 11.4 Å². The average molecular weight is 197 g/mol. The van der Waals surface area contributed by atoms with Gasteiger partial charge in [0, 0.05) is 18.0 Å². The summed E-state index contributed by atoms with van der Waals surface area (Å²) in [6.07, 6.45) is 0. The van der Waals surface area contributed by atoms with Crippen molar-refractivity contribution in [2.24, 2.45) is 10.9 Å². The molecule has 1 heterocycles. The SMILES string of the molecule is CN1C(=NN)c2cccc3cccc1c23. The lowest BCUT2D eigenvalue weighted by molar-refractivity contribution is 1.19. The fourth-order valence-electron chi connectivity index (χ4n) is 2.24. The highest BCUT2D eigenvalue weighted by molar-refractivity contribution is 6.26. The normalized spacial score (nSPS) is 16.6. The van der Waals surface area contributed by atoms with Crippen molar-refractivity contribution in [2.75, 3.05) is 11.9 Å². The first-order chi connectivity index (χ1) is 7.33. The summed E-state index contributed by atoms with van der Waals surface area (Å²) >= 11 is 0. The molecule has 0 radical (unpaired) electrons. The van der Waals surface area contributed by atoms with Crippen molar-refractivity contribution in [2.45, 2.75) is 0 Å². The van der Waals surface area contributed by atoms with E-state index in [1.54, 1.807) is 0 Å². The van der Waals surface area contributed by atoms with Gasteiger partial charge in [0.25, 0.3) is 0 Å². The van der Waals surface area contributed by atoms with Gasteiger partial charge in [-0.3, -0.25) is 0 Å². The Morgan fingerprint density at radius 3 is 2.60 bits per heavy atom. The summed E-state index contributed by atoms with van der Waals surface area (Å²) in [7, 11) is 1.99. The predicted octanol–water partition coefficient (Wildman–Crippen LogP) is 1.91. The Hall–Kier alpha value is -2.03. The number of hydrogen-bond acceptors (Lipinski definition) is 2. The molecule has 0 aromatic heterocycles. The number of hydrazone groups is 1. The number of amidine groups is 1. The minimum absolute atomic E-state index is 0.835. The first-order valence-electron chi connectivity index (χ1n) is 4.86. The molecule has 0 bridgehead atoms. The van der Waals surface area contributed by atoms with Crippen molar-refractivity contribution in [3.05, 3.63) is 42.0 Å². The molecule has 1 aliphatic rings. The molecular weight excluding hydrogens is 186 g/mol. The number of nitrogens with two attached hydrogens (primary N) is 1. The highest BCUT2D eigenvalue weighted by Crippen LogP contribution is 2.36. The topological polar surface area (TPSA) is 41.6 Å². The molecular formula is C12H11N3. The lowest BCUT2D eigenvalue weighted by Crippen LogP contribution is -2.23. The minimum atomic E-state index is 0.835. The van der Waals surface area contributed by atoms with Gasteiger partial charge < -0.3 is 10.7 Å². The lowest BCUT2D eigenvalue weighted by Gasteiger charge is -2.12. The third-order valence-corrected chi connectivity index (χ3v) is 2.92. The predicted molar refractivity (Wildman–Crippen MR) is 63.1 cm³/mol. The summed E-state index contributed by atoms with van der Waals surface area (Å²) in [5.41, 5.74) is 2.29. The van der Waals surface area contributed by atoms with Crippen molar-refractivity contribution in [3.63, 3.8) is 0 Å². The van der Waals surface area contributed by atoms with Gasteiger partial charge in [-0.25, -0.2) is 0 Å². The zero-order chi connectivity index (χ0) is 10.4. The zero-order valence-corrected chi connectivity index (χ0v) is 8.44. The van der Waals surface area contributed by atoms with Crippen LogP contribution in [0.5, 0.6) is 0 Å². The molecule has 1 aliphatic heterocycles. The molecule has 0 saturated heterocycles. The molecule has 2 aromatic rings. The molecule has 0 spiro atoms. The Balaban J connectivity index is 2.50. The zero-order valence-electron chi connectivity index (χ0n) is 8.44. The van der Waals surface area contributed by atoms with Crippen LogP contribution in [0.1, 0.15) is 5.56 Å². The van der Waals surface area contributed by atoms with Gasteiger partial charge in [-0.15, -0.1) is 0 Å². The monoisotopic (exact) mass is 197 g/mol. The fourth-order valence-corrected chi connectivity index (χ4v) is 2.24. The summed E-state index contributed by atoms with van der Waals surface area (Å²) in [5, 5.41) is 6.33. The second kappa shape index (κ2) is 2.73. The smallest absolute Gasteiger partial charge is 0.160 e. The van der Waals surface area contributed by atoms with Gasteiger partial charge in [-0.1, -0.05) is 30.3 Å². The van der Waals surface area contributed by atoms with Crippen molar-refractivity contribution in [1.82, 2.24) is 0 Å². The Morgan fingerprint density at radius 1 is 1.13 bits per heavy atom. The van der Waals surface area contributed by atoms with E-state index in [1.165, 1.54) is 16.5 Å². The second-order valence-corrected chi connectivity index (χ2v) is 3.69. The minimum Gasteiger partial charge on any atom is -0.327 e. The third-order valence-electron chi connectivity index (χ3n) is 2.92. The summed E-state index contributed by atoms with van der Waals surface area (Å²) in [5.74, 6) is 6.26. The molecule has 3 nitrogen and oxygen atoms in total. The van der Waals surface area contributed by atoms with Crippen LogP contribution in [0.15, 0.2) is 41.5 Å². The van der Waals surface area contributed by atoms with Crippen LogP contribution in [0, 0.1) is 0 Å². The Kier molecular flexibility index (Phi) is 1.51. The van der Waals surface area contributed by atoms with Gasteiger partial charge in [0.05, 0.1) is 5.69 Å². The number of nitrogens with zero attached hydrogens (tertiary/aromatic N) is 2. The molecule has 15 heavy (non-hydrogen) atoms. The number of anilines is 1. The summed E-state index contributed by atoms with van der Waals surface area (Å²) < 4.78 is 0. The Bertz CT molecular complexity index is 567. The highest BCUT2D eigenvalue weighted by atomic mass is 15.3. The van der Waals surface area contributed by atoms with E-state index < -0.39 is 0 Å². The van der Waals surface area contributed by atoms with Crippen LogP contribution < -0.4 is 10.7 Å². The van der Waals surface area contributed by atoms with Gasteiger partial charge in [0.2, 0.25) is 0 Å². The summed E-state index contributed by atoms with van der Waals surface area (Å²) in [4.78, 5) is 2.03. The van der Waals surface area contributed by atoms with E-state index in [9.17, 15) is 0 Å². The number of benzene rings is 2. The van der Waals surface area contributed by atoms with E-state index in [0.29, 0.717) is 0 Å². The van der Waals surface area contributed by atoms with Gasteiger partial charge >= 0.3 is 0 Å². The maximum atomic E-state index is 5.43. The molecule has 0 atom stereocenters. The highest BCUT2D eigenvalue weighted by Gasteiger charge is 2.24. The van der Waals surface area contributed by atoms with Crippen LogP contribution >= 0.6 is 0 Å². The standard InChI is InChI=1S/C12H11N3/c1-15-10-7-3-5-8-4-2-6-9(11(8)10)12(15)14-13/h2-7H,13H2,1H3. The lowest BCUT2D eigenvalue weighted by atomic mass is 10.1. The Morgan fingerprint density at radius 2 is 1.87 bits per heavy atom. The molecule has 0 fully saturated rings. The quantitative estimate of drug-likeness (QED) is 0.517. The van der Waals surface area contributed by atoms with Gasteiger partial charge in [-0.05, 0) is 11.5 Å². The fraction of sp³-hybridized carbons (Fsp3) is 0.0833. The Labute approximate surface area is 87.8 Å². The average Bonchev–Trinajstić information content (AvgIpc) is 2.55. The van der Waals surface area contributed by atoms with Crippen LogP contribution in [0.25, 0.3) is 10.8 Å². The van der Waals surface area contributed by atoms with Crippen molar-refractivity contribution < 1.29 is 0 Å². The van der Waals surface area contributed by atoms with Crippen LogP contribution in [-0.4, -0.2) is 12.9 Å². The third kappa shape index (κ3) is 0.920. The van der Waals surface area contributed by atoms with Gasteiger partial charge in [-0.2, -0.15) is 5.10 Å². The molecule has 0 amide bonds. The van der Waals surface area contributed by atoms with Gasteiger partial charge in [0.1, 0.15) is 0 Å². The molecule has 0 saturated carbocycles. The molecule has 0 unspecified atom stereocenters. The first kappa shape index (κ1) is 8.29.